The Bertz CT molecular complexity index is 969. The first-order valence-electron chi connectivity index (χ1n) is 9.41. The van der Waals surface area contributed by atoms with Gasteiger partial charge in [-0.25, -0.2) is 9.37 Å². The van der Waals surface area contributed by atoms with Gasteiger partial charge in [0.1, 0.15) is 12.6 Å². The van der Waals surface area contributed by atoms with Crippen LogP contribution in [0.4, 0.5) is 10.5 Å². The molecule has 152 valence electrons. The van der Waals surface area contributed by atoms with Crippen molar-refractivity contribution < 1.29 is 14.2 Å². The van der Waals surface area contributed by atoms with Gasteiger partial charge in [-0.05, 0) is 38.1 Å². The molecule has 10 heteroatoms. The van der Waals surface area contributed by atoms with Crippen LogP contribution in [0.3, 0.4) is 0 Å². The molecule has 0 radical (unpaired) electrons. The zero-order valence-electron chi connectivity index (χ0n) is 16.8. The molecule has 0 bridgehead atoms. The van der Waals surface area contributed by atoms with Crippen LogP contribution in [0.1, 0.15) is 13.8 Å². The van der Waals surface area contributed by atoms with E-state index in [2.05, 4.69) is 15.4 Å². The van der Waals surface area contributed by atoms with Gasteiger partial charge in [-0.15, -0.1) is 10.1 Å². The Balaban J connectivity index is 1.58. The smallest absolute Gasteiger partial charge is 0.382 e. The van der Waals surface area contributed by atoms with Crippen LogP contribution in [-0.2, 0) is 4.79 Å². The van der Waals surface area contributed by atoms with E-state index in [4.69, 9.17) is 11.6 Å². The topological polar surface area (TPSA) is 83.6 Å². The van der Waals surface area contributed by atoms with Gasteiger partial charge in [-0.1, -0.05) is 16.6 Å². The molecule has 0 aromatic heterocycles. The van der Waals surface area contributed by atoms with Crippen molar-refractivity contribution in [1.82, 2.24) is 14.8 Å². The lowest BCUT2D eigenvalue weighted by molar-refractivity contribution is -0.559. The quantitative estimate of drug-likeness (QED) is 0.754. The minimum atomic E-state index is -0.620. The summed E-state index contributed by atoms with van der Waals surface area (Å²) in [6.45, 7) is 5.08. The minimum absolute atomic E-state index is 0.101. The molecule has 1 saturated heterocycles. The molecule has 0 aliphatic carbocycles. The van der Waals surface area contributed by atoms with Crippen LogP contribution in [0.15, 0.2) is 34.4 Å². The van der Waals surface area contributed by atoms with Crippen molar-refractivity contribution >= 4 is 46.7 Å². The summed E-state index contributed by atoms with van der Waals surface area (Å²) in [6, 6.07) is 6.37. The summed E-state index contributed by atoms with van der Waals surface area (Å²) in [4.78, 5) is 32.4. The third-order valence-electron chi connectivity index (χ3n) is 5.48. The van der Waals surface area contributed by atoms with Gasteiger partial charge in [0.2, 0.25) is 11.9 Å². The number of rotatable bonds is 4. The first-order valence-corrected chi connectivity index (χ1v) is 9.78. The lowest BCUT2D eigenvalue weighted by Gasteiger charge is -2.33. The fraction of sp³-hybridized carbons (Fsp3) is 0.421. The van der Waals surface area contributed by atoms with Gasteiger partial charge in [-0.2, -0.15) is 0 Å². The standard InChI is InChI=1S/C19H23ClN7O2/c1-11-12(2)27-15-16(24(3)19(29)25(4)17(15)28)22-18(27)26(23-11)10-9-21-14-7-5-13(20)6-8-14/h5-8,12,15,21H,9-10H2,1-4H3/q+1. The molecular weight excluding hydrogens is 394 g/mol. The van der Waals surface area contributed by atoms with E-state index in [9.17, 15) is 9.59 Å². The number of urea groups is 1. The van der Waals surface area contributed by atoms with E-state index in [1.807, 2.05) is 42.7 Å². The number of likely N-dealkylation sites (N-methyl/N-ethyl adjacent to an activating group) is 2. The molecule has 3 heterocycles. The Labute approximate surface area is 173 Å². The number of carbonyl (C=O) groups is 2. The lowest BCUT2D eigenvalue weighted by Crippen LogP contribution is -2.63. The molecule has 0 saturated carbocycles. The maximum Gasteiger partial charge on any atom is 0.417 e. The van der Waals surface area contributed by atoms with Gasteiger partial charge in [-0.3, -0.25) is 14.6 Å². The highest BCUT2D eigenvalue weighted by Gasteiger charge is 2.55. The molecular formula is C19H23ClN7O2+. The zero-order valence-corrected chi connectivity index (χ0v) is 17.5. The molecule has 1 N–H and O–H groups in total. The van der Waals surface area contributed by atoms with Gasteiger partial charge in [0, 0.05) is 31.4 Å². The molecule has 1 aromatic rings. The summed E-state index contributed by atoms with van der Waals surface area (Å²) < 4.78 is 1.95. The Morgan fingerprint density at radius 3 is 2.55 bits per heavy atom. The maximum atomic E-state index is 12.9. The fourth-order valence-corrected chi connectivity index (χ4v) is 3.81. The monoisotopic (exact) mass is 416 g/mol. The van der Waals surface area contributed by atoms with Gasteiger partial charge in [0.05, 0.1) is 5.71 Å². The fourth-order valence-electron chi connectivity index (χ4n) is 3.68. The minimum Gasteiger partial charge on any atom is -0.382 e. The zero-order chi connectivity index (χ0) is 20.9. The average Bonchev–Trinajstić information content (AvgIpc) is 3.11. The van der Waals surface area contributed by atoms with Gasteiger partial charge < -0.3 is 5.32 Å². The van der Waals surface area contributed by atoms with Crippen LogP contribution in [0.25, 0.3) is 0 Å². The van der Waals surface area contributed by atoms with E-state index in [1.54, 1.807) is 12.1 Å². The number of nitrogens with one attached hydrogen (secondary N) is 1. The third kappa shape index (κ3) is 3.15. The number of imide groups is 1. The number of guanidine groups is 1. The Morgan fingerprint density at radius 2 is 1.86 bits per heavy atom. The third-order valence-corrected chi connectivity index (χ3v) is 5.73. The van der Waals surface area contributed by atoms with Crippen molar-refractivity contribution in [3.8, 4) is 0 Å². The van der Waals surface area contributed by atoms with Crippen molar-refractivity contribution in [2.45, 2.75) is 25.9 Å². The second kappa shape index (κ2) is 7.14. The highest BCUT2D eigenvalue weighted by molar-refractivity contribution is 6.30. The number of aliphatic imine (C=N–C) groups is 1. The number of carbonyl (C=O) groups excluding carboxylic acids is 2. The predicted molar refractivity (Wildman–Crippen MR) is 112 cm³/mol. The van der Waals surface area contributed by atoms with Crippen LogP contribution in [-0.4, -0.2) is 88.1 Å². The molecule has 2 atom stereocenters. The summed E-state index contributed by atoms with van der Waals surface area (Å²) in [7, 11) is 3.14. The highest BCUT2D eigenvalue weighted by Crippen LogP contribution is 2.24. The largest absolute Gasteiger partial charge is 0.417 e. The summed E-state index contributed by atoms with van der Waals surface area (Å²) in [5, 5.41) is 10.5. The maximum absolute atomic E-state index is 12.9. The van der Waals surface area contributed by atoms with Crippen molar-refractivity contribution in [1.29, 1.82) is 0 Å². The van der Waals surface area contributed by atoms with E-state index in [0.717, 1.165) is 16.3 Å². The molecule has 0 spiro atoms. The van der Waals surface area contributed by atoms with Gasteiger partial charge in [0.15, 0.2) is 0 Å². The normalized spacial score (nSPS) is 23.8. The van der Waals surface area contributed by atoms with Crippen LogP contribution in [0.5, 0.6) is 0 Å². The average molecular weight is 417 g/mol. The van der Waals surface area contributed by atoms with E-state index in [0.29, 0.717) is 29.9 Å². The molecule has 3 amide bonds. The van der Waals surface area contributed by atoms with E-state index in [-0.39, 0.29) is 18.0 Å². The SMILES string of the molecule is CC1=NN(CCNc2ccc(Cl)cc2)C2=[N+](C1C)C1C(=O)N(C)C(=O)N(C)C1=N2. The predicted octanol–water partition coefficient (Wildman–Crippen LogP) is 1.50. The Kier molecular flexibility index (Phi) is 4.77. The number of hydrogen-bond donors (Lipinski definition) is 1. The summed E-state index contributed by atoms with van der Waals surface area (Å²) in [5.74, 6) is 0.757. The highest BCUT2D eigenvalue weighted by atomic mass is 35.5. The summed E-state index contributed by atoms with van der Waals surface area (Å²) in [6.07, 6.45) is 0. The molecule has 29 heavy (non-hydrogen) atoms. The molecule has 9 nitrogen and oxygen atoms in total. The Hall–Kier alpha value is -2.94. The Morgan fingerprint density at radius 1 is 1.17 bits per heavy atom. The molecule has 3 aliphatic rings. The van der Waals surface area contributed by atoms with Crippen molar-refractivity contribution in [3.05, 3.63) is 29.3 Å². The van der Waals surface area contributed by atoms with Gasteiger partial charge >= 0.3 is 12.0 Å². The van der Waals surface area contributed by atoms with E-state index >= 15 is 0 Å². The number of nitrogens with zero attached hydrogens (tertiary/aromatic N) is 6. The second-order valence-corrected chi connectivity index (χ2v) is 7.73. The number of halogens is 1. The number of hydrazone groups is 1. The van der Waals surface area contributed by atoms with Crippen LogP contribution in [0, 0.1) is 0 Å². The first-order chi connectivity index (χ1) is 13.8. The van der Waals surface area contributed by atoms with E-state index in [1.165, 1.54) is 11.9 Å². The number of benzene rings is 1. The number of hydrogen-bond acceptors (Lipinski definition) is 6. The molecule has 4 rings (SSSR count). The van der Waals surface area contributed by atoms with E-state index < -0.39 is 6.04 Å². The van der Waals surface area contributed by atoms with Crippen LogP contribution in [0.2, 0.25) is 5.02 Å². The summed E-state index contributed by atoms with van der Waals surface area (Å²) >= 11 is 5.93. The van der Waals surface area contributed by atoms with Crippen molar-refractivity contribution in [3.63, 3.8) is 0 Å². The molecule has 1 fully saturated rings. The molecule has 2 unspecified atom stereocenters. The number of amides is 3. The van der Waals surface area contributed by atoms with Crippen molar-refractivity contribution in [2.24, 2.45) is 10.1 Å². The lowest BCUT2D eigenvalue weighted by atomic mass is 10.1. The summed E-state index contributed by atoms with van der Waals surface area (Å²) in [5.41, 5.74) is 1.84. The van der Waals surface area contributed by atoms with Crippen LogP contribution >= 0.6 is 11.6 Å². The second-order valence-electron chi connectivity index (χ2n) is 7.29. The molecule has 1 aromatic carbocycles. The first kappa shape index (κ1) is 19.4. The number of anilines is 1. The van der Waals surface area contributed by atoms with Crippen LogP contribution < -0.4 is 5.32 Å². The number of amidine groups is 1. The molecule has 3 aliphatic heterocycles. The van der Waals surface area contributed by atoms with Gasteiger partial charge in [0.25, 0.3) is 5.91 Å². The number of fused-ring (bicyclic) bond motifs is 2. The van der Waals surface area contributed by atoms with Crippen molar-refractivity contribution in [2.75, 3.05) is 32.5 Å².